The van der Waals surface area contributed by atoms with Crippen LogP contribution in [0.3, 0.4) is 0 Å². The van der Waals surface area contributed by atoms with E-state index in [0.29, 0.717) is 37.3 Å². The number of piperidine rings is 1. The molecule has 5 aromatic rings. The number of aromatic nitrogens is 2. The monoisotopic (exact) mass is 689 g/mol. The molecule has 9 heteroatoms. The van der Waals surface area contributed by atoms with Crippen molar-refractivity contribution in [3.63, 3.8) is 0 Å². The normalized spacial score (nSPS) is 14.5. The summed E-state index contributed by atoms with van der Waals surface area (Å²) in [5.41, 5.74) is 2.58. The van der Waals surface area contributed by atoms with Gasteiger partial charge in [0.15, 0.2) is 0 Å². The van der Waals surface area contributed by atoms with Crippen LogP contribution in [-0.4, -0.2) is 50.8 Å². The van der Waals surface area contributed by atoms with Gasteiger partial charge in [0.1, 0.15) is 24.5 Å². The number of nitrogens with zero attached hydrogens (tertiary/aromatic N) is 3. The number of likely N-dealkylation sites (tertiary alicyclic amines) is 1. The number of unbranched alkanes of at least 4 members (excludes halogenated alkanes) is 1. The second kappa shape index (κ2) is 17.3. The van der Waals surface area contributed by atoms with Gasteiger partial charge in [0.05, 0.1) is 17.0 Å². The zero-order chi connectivity index (χ0) is 35.6. The largest absolute Gasteiger partial charge is 0.489 e. The summed E-state index contributed by atoms with van der Waals surface area (Å²) in [6, 6.07) is 34.3. The molecule has 266 valence electrons. The number of carbonyl (C=O) groups is 1. The van der Waals surface area contributed by atoms with E-state index >= 15 is 0 Å². The van der Waals surface area contributed by atoms with E-state index in [1.54, 1.807) is 22.8 Å². The zero-order valence-corrected chi connectivity index (χ0v) is 29.2. The molecule has 1 atom stereocenters. The lowest BCUT2D eigenvalue weighted by Crippen LogP contribution is -2.44. The predicted molar refractivity (Wildman–Crippen MR) is 199 cm³/mol. The topological polar surface area (TPSA) is 103 Å². The summed E-state index contributed by atoms with van der Waals surface area (Å²) < 4.78 is 15.2. The van der Waals surface area contributed by atoms with Gasteiger partial charge in [0.2, 0.25) is 0 Å². The smallest absolute Gasteiger partial charge is 0.332 e. The minimum Gasteiger partial charge on any atom is -0.489 e. The number of ether oxygens (including phenoxy) is 2. The highest BCUT2D eigenvalue weighted by atomic mass is 16.5. The van der Waals surface area contributed by atoms with E-state index in [0.717, 1.165) is 60.2 Å². The Kier molecular flexibility index (Phi) is 12.1. The van der Waals surface area contributed by atoms with Gasteiger partial charge in [-0.3, -0.25) is 9.36 Å². The van der Waals surface area contributed by atoms with Crippen molar-refractivity contribution in [1.82, 2.24) is 14.0 Å². The van der Waals surface area contributed by atoms with Gasteiger partial charge >= 0.3 is 11.7 Å². The van der Waals surface area contributed by atoms with Crippen LogP contribution in [0.15, 0.2) is 119 Å². The van der Waals surface area contributed by atoms with E-state index < -0.39 is 23.3 Å². The standard InChI is InChI=1S/C42H47N3O6/c1-2-14-38(41(47)48)45-40(46)36-29-35(50-30-31-15-6-3-7-16-31)21-22-37(36)44(42(45)49)26-13-12-25-43-27-23-34(24-28-43)51-39(32-17-8-4-9-18-32)33-19-10-5-11-20-33/h3-11,15-22,29,34,38-39H,2,12-14,23-28,30H2,1H3,(H,47,48). The first-order valence-corrected chi connectivity index (χ1v) is 18.1. The zero-order valence-electron chi connectivity index (χ0n) is 29.2. The van der Waals surface area contributed by atoms with E-state index in [-0.39, 0.29) is 24.0 Å². The Balaban J connectivity index is 1.11. The first kappa shape index (κ1) is 35.8. The summed E-state index contributed by atoms with van der Waals surface area (Å²) in [5.74, 6) is -0.710. The number of aryl methyl sites for hydroxylation is 1. The maximum absolute atomic E-state index is 13.9. The second-order valence-electron chi connectivity index (χ2n) is 13.3. The first-order chi connectivity index (χ1) is 24.9. The number of benzene rings is 4. The highest BCUT2D eigenvalue weighted by Gasteiger charge is 2.27. The van der Waals surface area contributed by atoms with E-state index in [9.17, 15) is 19.5 Å². The van der Waals surface area contributed by atoms with Crippen LogP contribution in [0.2, 0.25) is 0 Å². The number of hydrogen-bond acceptors (Lipinski definition) is 6. The molecule has 0 spiro atoms. The van der Waals surface area contributed by atoms with Crippen molar-refractivity contribution in [2.45, 2.75) is 76.9 Å². The summed E-state index contributed by atoms with van der Waals surface area (Å²) in [6.07, 6.45) is 4.17. The van der Waals surface area contributed by atoms with Gasteiger partial charge < -0.3 is 19.5 Å². The highest BCUT2D eigenvalue weighted by molar-refractivity contribution is 5.80. The Morgan fingerprint density at radius 3 is 2.04 bits per heavy atom. The van der Waals surface area contributed by atoms with Crippen LogP contribution < -0.4 is 16.0 Å². The molecule has 1 N–H and O–H groups in total. The van der Waals surface area contributed by atoms with Crippen molar-refractivity contribution in [3.8, 4) is 5.75 Å². The van der Waals surface area contributed by atoms with Crippen molar-refractivity contribution >= 4 is 16.9 Å². The summed E-state index contributed by atoms with van der Waals surface area (Å²) >= 11 is 0. The molecule has 51 heavy (non-hydrogen) atoms. The molecule has 1 fully saturated rings. The fourth-order valence-electron chi connectivity index (χ4n) is 7.00. The third kappa shape index (κ3) is 8.85. The molecule has 2 heterocycles. The Labute approximate surface area is 298 Å². The van der Waals surface area contributed by atoms with Crippen LogP contribution in [0.5, 0.6) is 5.75 Å². The molecule has 4 aromatic carbocycles. The Bertz CT molecular complexity index is 1950. The Morgan fingerprint density at radius 1 is 0.824 bits per heavy atom. The van der Waals surface area contributed by atoms with E-state index in [1.807, 2.05) is 49.4 Å². The van der Waals surface area contributed by atoms with Gasteiger partial charge in [-0.15, -0.1) is 0 Å². The molecule has 6 rings (SSSR count). The lowest BCUT2D eigenvalue weighted by Gasteiger charge is -2.34. The van der Waals surface area contributed by atoms with E-state index in [4.69, 9.17) is 9.47 Å². The fraction of sp³-hybridized carbons (Fsp3) is 0.357. The number of rotatable bonds is 16. The minimum atomic E-state index is -1.24. The average Bonchev–Trinajstić information content (AvgIpc) is 3.17. The molecular formula is C42H47N3O6. The molecule has 0 amide bonds. The number of hydrogen-bond donors (Lipinski definition) is 1. The van der Waals surface area contributed by atoms with Crippen LogP contribution in [0.4, 0.5) is 0 Å². The van der Waals surface area contributed by atoms with Gasteiger partial charge in [-0.25, -0.2) is 14.2 Å². The van der Waals surface area contributed by atoms with Crippen LogP contribution in [-0.2, 0) is 22.7 Å². The summed E-state index contributed by atoms with van der Waals surface area (Å²) in [6.45, 7) is 5.27. The molecule has 0 aliphatic carbocycles. The number of carboxylic acids is 1. The molecule has 1 aliphatic heterocycles. The summed E-state index contributed by atoms with van der Waals surface area (Å²) in [7, 11) is 0. The van der Waals surface area contributed by atoms with Gasteiger partial charge in [-0.1, -0.05) is 104 Å². The average molecular weight is 690 g/mol. The molecule has 0 saturated carbocycles. The maximum Gasteiger partial charge on any atom is 0.332 e. The Morgan fingerprint density at radius 2 is 1.43 bits per heavy atom. The quantitative estimate of drug-likeness (QED) is 0.109. The minimum absolute atomic E-state index is 0.107. The Hall–Kier alpha value is -4.99. The van der Waals surface area contributed by atoms with Crippen molar-refractivity contribution in [1.29, 1.82) is 0 Å². The lowest BCUT2D eigenvalue weighted by atomic mass is 10.00. The molecule has 1 aliphatic rings. The third-order valence-electron chi connectivity index (χ3n) is 9.73. The van der Waals surface area contributed by atoms with Gasteiger partial charge in [-0.05, 0) is 73.5 Å². The SMILES string of the molecule is CCCC(C(=O)O)n1c(=O)c2cc(OCc3ccccc3)ccc2n(CCCCN2CCC(OC(c3ccccc3)c3ccccc3)CC2)c1=O. The summed E-state index contributed by atoms with van der Waals surface area (Å²) in [4.78, 5) is 42.3. The maximum atomic E-state index is 13.9. The van der Waals surface area contributed by atoms with E-state index in [2.05, 4.69) is 53.4 Å². The van der Waals surface area contributed by atoms with Crippen molar-refractivity contribution in [3.05, 3.63) is 147 Å². The van der Waals surface area contributed by atoms with Crippen molar-refractivity contribution in [2.75, 3.05) is 19.6 Å². The number of aliphatic carboxylic acids is 1. The van der Waals surface area contributed by atoms with Gasteiger partial charge in [-0.2, -0.15) is 0 Å². The van der Waals surface area contributed by atoms with Gasteiger partial charge in [0.25, 0.3) is 5.56 Å². The van der Waals surface area contributed by atoms with Crippen molar-refractivity contribution < 1.29 is 19.4 Å². The molecule has 1 unspecified atom stereocenters. The fourth-order valence-corrected chi connectivity index (χ4v) is 7.00. The predicted octanol–water partition coefficient (Wildman–Crippen LogP) is 7.22. The molecular weight excluding hydrogens is 642 g/mol. The van der Waals surface area contributed by atoms with E-state index in [1.165, 1.54) is 0 Å². The lowest BCUT2D eigenvalue weighted by molar-refractivity contribution is -0.141. The van der Waals surface area contributed by atoms with Crippen LogP contribution in [0.25, 0.3) is 10.9 Å². The van der Waals surface area contributed by atoms with Crippen LogP contribution in [0, 0.1) is 0 Å². The van der Waals surface area contributed by atoms with Crippen LogP contribution >= 0.6 is 0 Å². The number of fused-ring (bicyclic) bond motifs is 1. The molecule has 9 nitrogen and oxygen atoms in total. The van der Waals surface area contributed by atoms with Gasteiger partial charge in [0, 0.05) is 19.6 Å². The number of carboxylic acid groups (broad SMARTS) is 1. The highest BCUT2D eigenvalue weighted by Crippen LogP contribution is 2.30. The molecule has 0 radical (unpaired) electrons. The van der Waals surface area contributed by atoms with Crippen molar-refractivity contribution in [2.24, 2.45) is 0 Å². The molecule has 0 bridgehead atoms. The molecule has 1 saturated heterocycles. The van der Waals surface area contributed by atoms with Crippen LogP contribution in [0.1, 0.15) is 74.3 Å². The summed E-state index contributed by atoms with van der Waals surface area (Å²) in [5, 5.41) is 10.3. The second-order valence-corrected chi connectivity index (χ2v) is 13.3. The molecule has 1 aromatic heterocycles. The third-order valence-corrected chi connectivity index (χ3v) is 9.73. The first-order valence-electron chi connectivity index (χ1n) is 18.1.